The second-order valence-electron chi connectivity index (χ2n) is 9.80. The lowest BCUT2D eigenvalue weighted by Crippen LogP contribution is -2.32. The number of aromatic nitrogens is 1. The molecule has 3 amide bonds. The number of anilines is 3. The molecule has 2 N–H and O–H groups in total. The van der Waals surface area contributed by atoms with Crippen LogP contribution in [-0.4, -0.2) is 29.3 Å². The molecule has 7 nitrogen and oxygen atoms in total. The van der Waals surface area contributed by atoms with E-state index in [4.69, 9.17) is 11.6 Å². The summed E-state index contributed by atoms with van der Waals surface area (Å²) < 4.78 is 43.5. The molecule has 0 bridgehead atoms. The maximum absolute atomic E-state index is 15.3. The van der Waals surface area contributed by atoms with Crippen molar-refractivity contribution in [2.24, 2.45) is 0 Å². The topological polar surface area (TPSA) is 91.4 Å². The van der Waals surface area contributed by atoms with Crippen molar-refractivity contribution in [1.82, 2.24) is 4.98 Å². The molecule has 0 atom stereocenters. The minimum Gasteiger partial charge on any atom is -0.322 e. The Morgan fingerprint density at radius 3 is 2.28 bits per heavy atom. The van der Waals surface area contributed by atoms with E-state index in [2.05, 4.69) is 15.6 Å². The average molecular weight is 683 g/mol. The normalized spacial score (nSPS) is 11.8. The molecule has 0 fully saturated rings. The van der Waals surface area contributed by atoms with Gasteiger partial charge in [-0.3, -0.25) is 14.4 Å². The van der Waals surface area contributed by atoms with E-state index in [1.165, 1.54) is 40.5 Å². The largest absolute Gasteiger partial charge is 0.322 e. The van der Waals surface area contributed by atoms with Gasteiger partial charge in [-0.25, -0.2) is 18.2 Å². The van der Waals surface area contributed by atoms with E-state index in [0.717, 1.165) is 40.0 Å². The van der Waals surface area contributed by atoms with Crippen molar-refractivity contribution in [2.75, 3.05) is 22.1 Å². The molecule has 0 radical (unpaired) electrons. The summed E-state index contributed by atoms with van der Waals surface area (Å²) in [5.74, 6) is -4.41. The molecule has 3 aromatic heterocycles. The fraction of sp³-hybridized carbons (Fsp3) is 0.152. The number of carbonyl (C=O) groups is 3. The Kier molecular flexibility index (Phi) is 9.90. The highest BCUT2D eigenvalue weighted by Crippen LogP contribution is 2.45. The number of rotatable bonds is 5. The van der Waals surface area contributed by atoms with Crippen molar-refractivity contribution >= 4 is 69.1 Å². The molecule has 0 aliphatic carbocycles. The summed E-state index contributed by atoms with van der Waals surface area (Å²) in [7, 11) is 0. The van der Waals surface area contributed by atoms with E-state index < -0.39 is 40.9 Å². The summed E-state index contributed by atoms with van der Waals surface area (Å²) in [4.78, 5) is 46.4. The van der Waals surface area contributed by atoms with Crippen LogP contribution in [0.4, 0.5) is 30.2 Å². The van der Waals surface area contributed by atoms with Gasteiger partial charge in [-0.05, 0) is 78.9 Å². The third-order valence-corrected chi connectivity index (χ3v) is 9.45. The Morgan fingerprint density at radius 1 is 0.870 bits per heavy atom. The third kappa shape index (κ3) is 6.55. The monoisotopic (exact) mass is 682 g/mol. The van der Waals surface area contributed by atoms with Crippen LogP contribution in [0.1, 0.15) is 55.5 Å². The number of fused-ring (bicyclic) bond motifs is 3. The zero-order valence-electron chi connectivity index (χ0n) is 24.7. The lowest BCUT2D eigenvalue weighted by molar-refractivity contribution is 0.0981. The SMILES string of the molecule is CC.Cc1ccc(C(=O)Nc2ccc(C(=O)N3CCc4cc(C(=O)Nc5c(F)cccc5F)sc4-c4sccc43)c(F)c2)c(Cl)n1. The van der Waals surface area contributed by atoms with Gasteiger partial charge in [0.15, 0.2) is 0 Å². The van der Waals surface area contributed by atoms with E-state index in [-0.39, 0.29) is 33.4 Å². The Morgan fingerprint density at radius 2 is 1.59 bits per heavy atom. The lowest BCUT2D eigenvalue weighted by Gasteiger charge is -2.21. The summed E-state index contributed by atoms with van der Waals surface area (Å²) >= 11 is 8.57. The number of hydrogen-bond donors (Lipinski definition) is 2. The van der Waals surface area contributed by atoms with Gasteiger partial charge in [0.2, 0.25) is 0 Å². The van der Waals surface area contributed by atoms with Crippen LogP contribution in [-0.2, 0) is 6.42 Å². The predicted molar refractivity (Wildman–Crippen MR) is 177 cm³/mol. The highest BCUT2D eigenvalue weighted by molar-refractivity contribution is 7.23. The number of nitrogens with zero attached hydrogens (tertiary/aromatic N) is 2. The van der Waals surface area contributed by atoms with Crippen LogP contribution in [0.5, 0.6) is 0 Å². The number of carbonyl (C=O) groups excluding carboxylic acids is 3. The zero-order chi connectivity index (χ0) is 33.1. The van der Waals surface area contributed by atoms with Crippen molar-refractivity contribution in [3.05, 3.63) is 116 Å². The second-order valence-corrected chi connectivity index (χ2v) is 12.1. The Labute approximate surface area is 275 Å². The first-order valence-electron chi connectivity index (χ1n) is 14.1. The predicted octanol–water partition coefficient (Wildman–Crippen LogP) is 8.98. The van der Waals surface area contributed by atoms with Gasteiger partial charge in [0.05, 0.1) is 31.4 Å². The van der Waals surface area contributed by atoms with Gasteiger partial charge in [-0.2, -0.15) is 0 Å². The van der Waals surface area contributed by atoms with Crippen molar-refractivity contribution < 1.29 is 27.6 Å². The molecule has 0 spiro atoms. The number of aryl methyl sites for hydroxylation is 1. The summed E-state index contributed by atoms with van der Waals surface area (Å²) in [5.41, 5.74) is 1.50. The van der Waals surface area contributed by atoms with E-state index in [1.807, 2.05) is 13.8 Å². The van der Waals surface area contributed by atoms with E-state index in [0.29, 0.717) is 22.7 Å². The Hall–Kier alpha value is -4.52. The first kappa shape index (κ1) is 32.9. The zero-order valence-corrected chi connectivity index (χ0v) is 27.1. The number of hydrogen-bond acceptors (Lipinski definition) is 6. The smallest absolute Gasteiger partial charge is 0.265 e. The summed E-state index contributed by atoms with van der Waals surface area (Å²) in [5, 5.41) is 6.68. The molecule has 1 aliphatic heterocycles. The Bertz CT molecular complexity index is 1960. The summed E-state index contributed by atoms with van der Waals surface area (Å²) in [6.07, 6.45) is 0.349. The van der Waals surface area contributed by atoms with Crippen LogP contribution in [0.25, 0.3) is 9.75 Å². The number of amides is 3. The third-order valence-electron chi connectivity index (χ3n) is 6.92. The highest BCUT2D eigenvalue weighted by Gasteiger charge is 2.30. The fourth-order valence-corrected chi connectivity index (χ4v) is 7.24. The molecular formula is C33H26ClF3N4O3S2. The van der Waals surface area contributed by atoms with E-state index >= 15 is 4.39 Å². The number of thiophene rings is 2. The van der Waals surface area contributed by atoms with Crippen molar-refractivity contribution in [2.45, 2.75) is 27.2 Å². The minimum atomic E-state index is -0.887. The van der Waals surface area contributed by atoms with Crippen LogP contribution in [0.3, 0.4) is 0 Å². The second kappa shape index (κ2) is 13.9. The first-order chi connectivity index (χ1) is 22.1. The Balaban J connectivity index is 0.00000204. The van der Waals surface area contributed by atoms with Crippen LogP contribution >= 0.6 is 34.3 Å². The van der Waals surface area contributed by atoms with Crippen molar-refractivity contribution in [3.8, 4) is 9.75 Å². The summed E-state index contributed by atoms with van der Waals surface area (Å²) in [6.45, 7) is 5.92. The van der Waals surface area contributed by atoms with Gasteiger partial charge >= 0.3 is 0 Å². The molecule has 2 aromatic carbocycles. The standard InChI is InChI=1S/C31H20ClF3N4O3S2.C2H6/c1-15-5-7-19(28(32)36-15)29(40)37-17-6-8-18(22(35)14-17)31(42)39-11-9-16-13-24(44-26(16)27-23(39)10-12-43-27)30(41)38-25-20(33)3-2-4-21(25)34;1-2/h2-8,10,12-14H,9,11H2,1H3,(H,37,40)(H,38,41);1-2H3. The molecule has 0 saturated heterocycles. The van der Waals surface area contributed by atoms with Crippen molar-refractivity contribution in [1.29, 1.82) is 0 Å². The van der Waals surface area contributed by atoms with Crippen LogP contribution in [0.15, 0.2) is 66.0 Å². The van der Waals surface area contributed by atoms with E-state index in [1.54, 1.807) is 30.5 Å². The van der Waals surface area contributed by atoms with Crippen LogP contribution in [0, 0.1) is 24.4 Å². The van der Waals surface area contributed by atoms with Crippen LogP contribution in [0.2, 0.25) is 5.15 Å². The van der Waals surface area contributed by atoms with Gasteiger partial charge in [0.1, 0.15) is 28.3 Å². The van der Waals surface area contributed by atoms with Gasteiger partial charge in [-0.15, -0.1) is 22.7 Å². The molecule has 13 heteroatoms. The fourth-order valence-electron chi connectivity index (χ4n) is 4.76. The quantitative estimate of drug-likeness (QED) is 0.181. The molecule has 4 heterocycles. The molecule has 6 rings (SSSR count). The van der Waals surface area contributed by atoms with E-state index in [9.17, 15) is 23.2 Å². The molecular weight excluding hydrogens is 657 g/mol. The maximum atomic E-state index is 15.3. The van der Waals surface area contributed by atoms with Crippen LogP contribution < -0.4 is 15.5 Å². The average Bonchev–Trinajstić information content (AvgIpc) is 3.65. The van der Waals surface area contributed by atoms with Crippen molar-refractivity contribution in [3.63, 3.8) is 0 Å². The molecule has 0 unspecified atom stereocenters. The number of halogens is 4. The number of pyridine rings is 1. The first-order valence-corrected chi connectivity index (χ1v) is 16.2. The number of benzene rings is 2. The van der Waals surface area contributed by atoms with Gasteiger partial charge in [0.25, 0.3) is 17.7 Å². The molecule has 5 aromatic rings. The molecule has 1 aliphatic rings. The van der Waals surface area contributed by atoms with Gasteiger partial charge in [0, 0.05) is 17.9 Å². The summed E-state index contributed by atoms with van der Waals surface area (Å²) in [6, 6.07) is 13.6. The molecule has 236 valence electrons. The molecule has 0 saturated carbocycles. The minimum absolute atomic E-state index is 0.0164. The highest BCUT2D eigenvalue weighted by atomic mass is 35.5. The number of nitrogens with one attached hydrogen (secondary N) is 2. The number of para-hydroxylation sites is 1. The molecule has 46 heavy (non-hydrogen) atoms. The van der Waals surface area contributed by atoms with Gasteiger partial charge in [-0.1, -0.05) is 31.5 Å². The maximum Gasteiger partial charge on any atom is 0.265 e. The lowest BCUT2D eigenvalue weighted by atomic mass is 10.1. The van der Waals surface area contributed by atoms with Gasteiger partial charge < -0.3 is 15.5 Å².